The summed E-state index contributed by atoms with van der Waals surface area (Å²) in [4.78, 5) is 21.4. The van der Waals surface area contributed by atoms with Gasteiger partial charge in [-0.05, 0) is 65.2 Å². The van der Waals surface area contributed by atoms with Crippen LogP contribution >= 0.6 is 11.6 Å². The number of halogens is 1. The van der Waals surface area contributed by atoms with E-state index in [0.717, 1.165) is 33.8 Å². The molecule has 10 nitrogen and oxygen atoms in total. The highest BCUT2D eigenvalue weighted by Gasteiger charge is 2.25. The molecule has 0 radical (unpaired) electrons. The second-order valence-corrected chi connectivity index (χ2v) is 11.9. The van der Waals surface area contributed by atoms with Crippen LogP contribution in [0.2, 0.25) is 5.02 Å². The fourth-order valence-electron chi connectivity index (χ4n) is 5.77. The zero-order valence-corrected chi connectivity index (χ0v) is 28.1. The molecule has 0 bridgehead atoms. The average molecular weight is 679 g/mol. The van der Waals surface area contributed by atoms with Gasteiger partial charge in [-0.15, -0.1) is 0 Å². The lowest BCUT2D eigenvalue weighted by atomic mass is 10.0. The third-order valence-electron chi connectivity index (χ3n) is 8.27. The van der Waals surface area contributed by atoms with Gasteiger partial charge in [0.1, 0.15) is 29.2 Å². The molecule has 50 heavy (non-hydrogen) atoms. The summed E-state index contributed by atoms with van der Waals surface area (Å²) in [5.74, 6) is 2.70. The normalized spacial score (nSPS) is 10.9. The summed E-state index contributed by atoms with van der Waals surface area (Å²) in [6.07, 6.45) is 3.57. The zero-order valence-electron chi connectivity index (χ0n) is 27.4. The monoisotopic (exact) mass is 678 g/mol. The quantitative estimate of drug-likeness (QED) is 0.136. The van der Waals surface area contributed by atoms with Crippen LogP contribution in [-0.4, -0.2) is 43.8 Å². The van der Waals surface area contributed by atoms with E-state index in [1.165, 1.54) is 6.33 Å². The van der Waals surface area contributed by atoms with Crippen LogP contribution in [0, 0.1) is 11.3 Å². The Balaban J connectivity index is 1.49. The lowest BCUT2D eigenvalue weighted by Crippen LogP contribution is -2.25. The first kappa shape index (κ1) is 32.2. The topological polar surface area (TPSA) is 114 Å². The number of hydrogen-bond acceptors (Lipinski definition) is 9. The van der Waals surface area contributed by atoms with E-state index >= 15 is 0 Å². The highest BCUT2D eigenvalue weighted by Crippen LogP contribution is 2.36. The van der Waals surface area contributed by atoms with Gasteiger partial charge in [0.25, 0.3) is 0 Å². The third-order valence-corrected chi connectivity index (χ3v) is 8.63. The number of ether oxygens (including phenoxy) is 2. The Morgan fingerprint density at radius 3 is 2.14 bits per heavy atom. The van der Waals surface area contributed by atoms with Crippen LogP contribution in [0.15, 0.2) is 116 Å². The SMILES string of the molecule is COc1ccc(CN(Cc2ccc(OC)cc2)c2nc(-c3cccc(C#N)c3)c(-c3ccncn3)n3nc(Cc4ccccc4Cl)nc23)cc1. The fourth-order valence-corrected chi connectivity index (χ4v) is 5.97. The lowest BCUT2D eigenvalue weighted by molar-refractivity contribution is 0.414. The predicted molar refractivity (Wildman–Crippen MR) is 192 cm³/mol. The van der Waals surface area contributed by atoms with Gasteiger partial charge in [-0.1, -0.05) is 66.2 Å². The van der Waals surface area contributed by atoms with Gasteiger partial charge in [-0.3, -0.25) is 0 Å². The Morgan fingerprint density at radius 1 is 0.820 bits per heavy atom. The van der Waals surface area contributed by atoms with Gasteiger partial charge in [0.05, 0.1) is 31.5 Å². The molecule has 7 rings (SSSR count). The van der Waals surface area contributed by atoms with Crippen LogP contribution in [0.5, 0.6) is 11.5 Å². The maximum Gasteiger partial charge on any atom is 0.199 e. The van der Waals surface area contributed by atoms with E-state index < -0.39 is 0 Å². The molecule has 0 amide bonds. The van der Waals surface area contributed by atoms with Crippen molar-refractivity contribution in [2.75, 3.05) is 19.1 Å². The molecule has 3 heterocycles. The molecule has 11 heteroatoms. The molecule has 0 saturated heterocycles. The molecule has 0 N–H and O–H groups in total. The number of hydrogen-bond donors (Lipinski definition) is 0. The Labute approximate surface area is 294 Å². The smallest absolute Gasteiger partial charge is 0.199 e. The Kier molecular flexibility index (Phi) is 9.31. The summed E-state index contributed by atoms with van der Waals surface area (Å²) in [6.45, 7) is 0.992. The summed E-state index contributed by atoms with van der Waals surface area (Å²) >= 11 is 6.60. The lowest BCUT2D eigenvalue weighted by Gasteiger charge is -2.26. The van der Waals surface area contributed by atoms with Crippen molar-refractivity contribution in [2.45, 2.75) is 19.5 Å². The van der Waals surface area contributed by atoms with Gasteiger partial charge in [0, 0.05) is 36.3 Å². The van der Waals surface area contributed by atoms with Crippen LogP contribution < -0.4 is 14.4 Å². The molecule has 7 aromatic rings. The molecular formula is C39H31ClN8O2. The van der Waals surface area contributed by atoms with Gasteiger partial charge in [-0.25, -0.2) is 24.5 Å². The first-order chi connectivity index (χ1) is 24.5. The van der Waals surface area contributed by atoms with Crippen LogP contribution in [0.4, 0.5) is 5.82 Å². The molecule has 0 spiro atoms. The van der Waals surface area contributed by atoms with E-state index in [0.29, 0.717) is 64.5 Å². The minimum Gasteiger partial charge on any atom is -0.497 e. The molecule has 0 saturated carbocycles. The predicted octanol–water partition coefficient (Wildman–Crippen LogP) is 7.59. The molecule has 4 aromatic carbocycles. The molecule has 0 atom stereocenters. The average Bonchev–Trinajstić information content (AvgIpc) is 3.59. The Morgan fingerprint density at radius 2 is 1.52 bits per heavy atom. The summed E-state index contributed by atoms with van der Waals surface area (Å²) in [7, 11) is 3.30. The molecule has 0 aliphatic rings. The number of anilines is 1. The molecular weight excluding hydrogens is 648 g/mol. The third kappa shape index (κ3) is 6.81. The zero-order chi connectivity index (χ0) is 34.5. The van der Waals surface area contributed by atoms with E-state index in [1.807, 2.05) is 97.1 Å². The summed E-state index contributed by atoms with van der Waals surface area (Å²) in [6, 6.07) is 35.0. The van der Waals surface area contributed by atoms with Crippen LogP contribution in [0.1, 0.15) is 28.1 Å². The van der Waals surface area contributed by atoms with Crippen molar-refractivity contribution in [1.29, 1.82) is 5.26 Å². The second-order valence-electron chi connectivity index (χ2n) is 11.5. The van der Waals surface area contributed by atoms with Crippen molar-refractivity contribution in [1.82, 2.24) is 29.5 Å². The molecule has 0 unspecified atom stereocenters. The largest absolute Gasteiger partial charge is 0.497 e. The van der Waals surface area contributed by atoms with Gasteiger partial charge < -0.3 is 14.4 Å². The number of nitriles is 1. The van der Waals surface area contributed by atoms with Crippen molar-refractivity contribution in [3.05, 3.63) is 149 Å². The van der Waals surface area contributed by atoms with E-state index in [9.17, 15) is 5.26 Å². The number of aromatic nitrogens is 6. The van der Waals surface area contributed by atoms with Crippen molar-refractivity contribution in [3.63, 3.8) is 0 Å². The standard InChI is InChI=1S/C39H31ClN8O2/c1-49-31-14-10-26(11-15-31)23-47(24-27-12-16-32(50-2)17-13-27)38-39-44-35(21-29-7-3-4-9-33(29)40)46-48(39)37(34-18-19-42-25-43-34)36(45-38)30-8-5-6-28(20-30)22-41/h3-20,25H,21,23-24H2,1-2H3. The number of benzene rings is 4. The highest BCUT2D eigenvalue weighted by molar-refractivity contribution is 6.31. The Bertz CT molecular complexity index is 2250. The van der Waals surface area contributed by atoms with Crippen LogP contribution in [-0.2, 0) is 19.5 Å². The summed E-state index contributed by atoms with van der Waals surface area (Å²) in [5, 5.41) is 15.5. The molecule has 0 fully saturated rings. The van der Waals surface area contributed by atoms with Crippen molar-refractivity contribution in [3.8, 4) is 40.2 Å². The maximum absolute atomic E-state index is 9.82. The Hall–Kier alpha value is -6.31. The van der Waals surface area contributed by atoms with Gasteiger partial charge in [-0.2, -0.15) is 10.4 Å². The first-order valence-corrected chi connectivity index (χ1v) is 16.2. The summed E-state index contributed by atoms with van der Waals surface area (Å²) in [5.41, 5.74) is 6.59. The number of nitrogens with zero attached hydrogens (tertiary/aromatic N) is 8. The minimum atomic E-state index is 0.403. The number of fused-ring (bicyclic) bond motifs is 1. The fraction of sp³-hybridized carbons (Fsp3) is 0.128. The van der Waals surface area contributed by atoms with E-state index in [2.05, 4.69) is 20.9 Å². The maximum atomic E-state index is 9.82. The van der Waals surface area contributed by atoms with E-state index in [1.54, 1.807) is 31.0 Å². The first-order valence-electron chi connectivity index (χ1n) is 15.8. The minimum absolute atomic E-state index is 0.403. The highest BCUT2D eigenvalue weighted by atomic mass is 35.5. The van der Waals surface area contributed by atoms with Crippen molar-refractivity contribution >= 4 is 23.1 Å². The number of rotatable bonds is 11. The van der Waals surface area contributed by atoms with Crippen LogP contribution in [0.25, 0.3) is 28.3 Å². The molecule has 3 aromatic heterocycles. The molecule has 246 valence electrons. The van der Waals surface area contributed by atoms with Crippen molar-refractivity contribution < 1.29 is 9.47 Å². The van der Waals surface area contributed by atoms with Crippen LogP contribution in [0.3, 0.4) is 0 Å². The van der Waals surface area contributed by atoms with E-state index in [-0.39, 0.29) is 0 Å². The van der Waals surface area contributed by atoms with E-state index in [4.69, 9.17) is 36.1 Å². The van der Waals surface area contributed by atoms with Gasteiger partial charge >= 0.3 is 0 Å². The summed E-state index contributed by atoms with van der Waals surface area (Å²) < 4.78 is 12.7. The number of methoxy groups -OCH3 is 2. The van der Waals surface area contributed by atoms with Crippen molar-refractivity contribution in [2.24, 2.45) is 0 Å². The van der Waals surface area contributed by atoms with Gasteiger partial charge in [0.2, 0.25) is 0 Å². The van der Waals surface area contributed by atoms with Gasteiger partial charge in [0.15, 0.2) is 17.3 Å². The second kappa shape index (κ2) is 14.4. The molecule has 0 aliphatic carbocycles. The molecule has 0 aliphatic heterocycles.